The second-order valence-electron chi connectivity index (χ2n) is 27.7. The van der Waals surface area contributed by atoms with Crippen LogP contribution >= 0.6 is 0 Å². The van der Waals surface area contributed by atoms with Crippen molar-refractivity contribution in [1.29, 1.82) is 0 Å². The molecule has 1 heterocycles. The highest BCUT2D eigenvalue weighted by atomic mass is 16.5. The summed E-state index contributed by atoms with van der Waals surface area (Å²) in [6.07, 6.45) is 13.8. The summed E-state index contributed by atoms with van der Waals surface area (Å²) in [4.78, 5) is 0. The number of hydrogen-bond donors (Lipinski definition) is 3. The van der Waals surface area contributed by atoms with E-state index < -0.39 is 5.60 Å². The van der Waals surface area contributed by atoms with Gasteiger partial charge in [-0.3, -0.25) is 0 Å². The molecule has 0 amide bonds. The van der Waals surface area contributed by atoms with Gasteiger partial charge in [0.2, 0.25) is 0 Å². The van der Waals surface area contributed by atoms with Gasteiger partial charge in [0.05, 0.1) is 24.4 Å². The van der Waals surface area contributed by atoms with Gasteiger partial charge in [-0.1, -0.05) is 95.2 Å². The van der Waals surface area contributed by atoms with Crippen molar-refractivity contribution in [2.24, 2.45) is 119 Å². The normalized spacial score (nSPS) is 65.4. The Labute approximate surface area is 347 Å². The standard InChI is InChI=1S/C53H84O4/c1-29(2)30-25-32-38-39-40-42(3,4)21-23-51(39,28-57-40)24-22-46(38,10)47(11)20-17-33-44(7,8)53(56)26-35-43(5,6)36(55)18-19-45(35,9)34-16-15-31-37(30)52(32,27-54)41(47)48(33,12)49(31,13)50(34,53)14/h30-41,54-56H,1,15-28H2,2-14H3/t30-,31+,32?,33-,34+,35-,36-,37+,38+,39?,40?,41-,45+,46+,47+,48-,49?,50+,51?,52-,53+/m0/s1. The van der Waals surface area contributed by atoms with Gasteiger partial charge >= 0.3 is 0 Å². The van der Waals surface area contributed by atoms with Crippen LogP contribution in [0.2, 0.25) is 0 Å². The molecule has 4 heteroatoms. The number of aliphatic hydroxyl groups excluding tert-OH is 2. The van der Waals surface area contributed by atoms with Gasteiger partial charge in [0.25, 0.3) is 0 Å². The van der Waals surface area contributed by atoms with E-state index in [-0.39, 0.29) is 71.6 Å². The van der Waals surface area contributed by atoms with Crippen LogP contribution in [-0.2, 0) is 4.74 Å². The molecule has 10 aliphatic carbocycles. The zero-order valence-corrected chi connectivity index (χ0v) is 38.8. The van der Waals surface area contributed by atoms with Crippen molar-refractivity contribution in [3.8, 4) is 0 Å². The van der Waals surface area contributed by atoms with Crippen molar-refractivity contribution in [2.75, 3.05) is 13.2 Å². The number of rotatable bonds is 2. The first kappa shape index (κ1) is 39.4. The Morgan fingerprint density at radius 1 is 0.702 bits per heavy atom. The highest BCUT2D eigenvalue weighted by molar-refractivity contribution is 5.41. The lowest BCUT2D eigenvalue weighted by Crippen LogP contribution is -2.89. The average molecular weight is 785 g/mol. The third kappa shape index (κ3) is 3.50. The zero-order chi connectivity index (χ0) is 41.1. The first-order chi connectivity index (χ1) is 26.3. The van der Waals surface area contributed by atoms with Crippen LogP contribution in [-0.4, -0.2) is 46.3 Å². The first-order valence-corrected chi connectivity index (χ1v) is 24.5. The highest BCUT2D eigenvalue weighted by Crippen LogP contribution is 2.95. The zero-order valence-electron chi connectivity index (χ0n) is 38.8. The fraction of sp³-hybridized carbons (Fsp3) is 0.962. The van der Waals surface area contributed by atoms with E-state index in [0.717, 1.165) is 32.3 Å². The van der Waals surface area contributed by atoms with Crippen LogP contribution in [0.5, 0.6) is 0 Å². The van der Waals surface area contributed by atoms with Gasteiger partial charge in [-0.2, -0.15) is 0 Å². The molecule has 11 aliphatic rings. The largest absolute Gasteiger partial charge is 0.396 e. The highest BCUT2D eigenvalue weighted by Gasteiger charge is 2.93. The molecule has 21 atom stereocenters. The van der Waals surface area contributed by atoms with E-state index in [1.54, 1.807) is 0 Å². The SMILES string of the molecule is C=C(C)[C@@H]1CC2[C@@H]3C4C5OCC4(CCC5(C)C)CC[C@@]3(C)[C@]3(C)CC[C@H]4C(C)(C)[C@]5(O)C[C@H]6C(C)(C)[C@@H](O)CC[C@]6(C)[C@H]6CC[C@@H]7[C@@H]1[C@@]2(CO)[C@@H]3[C@@]4(C)C7(C)[C@@]65C. The summed E-state index contributed by atoms with van der Waals surface area (Å²) in [7, 11) is 0. The topological polar surface area (TPSA) is 69.9 Å². The predicted octanol–water partition coefficient (Wildman–Crippen LogP) is 11.1. The average Bonchev–Trinajstić information content (AvgIpc) is 3.65. The van der Waals surface area contributed by atoms with E-state index in [0.29, 0.717) is 66.0 Å². The van der Waals surface area contributed by atoms with Crippen molar-refractivity contribution < 1.29 is 20.1 Å². The summed E-state index contributed by atoms with van der Waals surface area (Å²) >= 11 is 0. The van der Waals surface area contributed by atoms with E-state index in [1.165, 1.54) is 56.9 Å². The van der Waals surface area contributed by atoms with E-state index in [2.05, 4.69) is 90.0 Å². The maximum Gasteiger partial charge on any atom is 0.0765 e. The van der Waals surface area contributed by atoms with E-state index in [4.69, 9.17) is 11.3 Å². The van der Waals surface area contributed by atoms with Crippen LogP contribution in [0.4, 0.5) is 0 Å². The number of hydrogen-bond acceptors (Lipinski definition) is 4. The molecule has 0 aromatic carbocycles. The van der Waals surface area contributed by atoms with Gasteiger partial charge < -0.3 is 20.1 Å². The molecular weight excluding hydrogens is 701 g/mol. The molecule has 11 fully saturated rings. The molecule has 0 aromatic rings. The number of allylic oxidation sites excluding steroid dienone is 1. The maximum atomic E-state index is 14.6. The fourth-order valence-electron chi connectivity index (χ4n) is 24.3. The molecule has 1 saturated heterocycles. The van der Waals surface area contributed by atoms with E-state index >= 15 is 0 Å². The molecule has 2 bridgehead atoms. The third-order valence-electron chi connectivity index (χ3n) is 26.7. The second-order valence-corrected chi connectivity index (χ2v) is 27.7. The summed E-state index contributed by atoms with van der Waals surface area (Å²) in [5.74, 6) is 4.16. The molecule has 3 N–H and O–H groups in total. The first-order valence-electron chi connectivity index (χ1n) is 24.5. The minimum Gasteiger partial charge on any atom is -0.396 e. The van der Waals surface area contributed by atoms with Gasteiger partial charge in [-0.05, 0) is 192 Å². The van der Waals surface area contributed by atoms with Gasteiger partial charge in [-0.25, -0.2) is 0 Å². The predicted molar refractivity (Wildman–Crippen MR) is 228 cm³/mol. The van der Waals surface area contributed by atoms with Gasteiger partial charge in [0, 0.05) is 17.4 Å². The summed E-state index contributed by atoms with van der Waals surface area (Å²) in [6, 6.07) is 0. The van der Waals surface area contributed by atoms with Crippen LogP contribution in [0.3, 0.4) is 0 Å². The number of ether oxygens (including phenoxy) is 1. The Hall–Kier alpha value is -0.420. The Balaban J connectivity index is 1.20. The van der Waals surface area contributed by atoms with Crippen molar-refractivity contribution >= 4 is 0 Å². The van der Waals surface area contributed by atoms with Gasteiger partial charge in [-0.15, -0.1) is 0 Å². The van der Waals surface area contributed by atoms with E-state index in [9.17, 15) is 15.3 Å². The summed E-state index contributed by atoms with van der Waals surface area (Å²) in [5.41, 5.74) is -0.0122. The lowest BCUT2D eigenvalue weighted by Gasteiger charge is -2.91. The van der Waals surface area contributed by atoms with Crippen LogP contribution < -0.4 is 0 Å². The smallest absolute Gasteiger partial charge is 0.0765 e. The summed E-state index contributed by atoms with van der Waals surface area (Å²) in [5, 5.41) is 39.2. The lowest BCUT2D eigenvalue weighted by molar-refractivity contribution is -0.460. The molecule has 0 spiro atoms. The third-order valence-corrected chi connectivity index (χ3v) is 26.7. The fourth-order valence-corrected chi connectivity index (χ4v) is 24.3. The molecule has 57 heavy (non-hydrogen) atoms. The minimum atomic E-state index is -0.868. The molecule has 10 saturated carbocycles. The maximum absolute atomic E-state index is 14.6. The molecule has 0 radical (unpaired) electrons. The van der Waals surface area contributed by atoms with Crippen molar-refractivity contribution in [1.82, 2.24) is 0 Å². The van der Waals surface area contributed by atoms with Gasteiger partial charge in [0.1, 0.15) is 0 Å². The Bertz CT molecular complexity index is 1810. The molecule has 5 unspecified atom stereocenters. The molecule has 320 valence electrons. The Kier molecular flexibility index (Phi) is 7.26. The van der Waals surface area contributed by atoms with Crippen molar-refractivity contribution in [2.45, 2.75) is 185 Å². The molecule has 11 rings (SSSR count). The monoisotopic (exact) mass is 785 g/mol. The van der Waals surface area contributed by atoms with Crippen LogP contribution in [0, 0.1) is 119 Å². The molecule has 4 nitrogen and oxygen atoms in total. The summed E-state index contributed by atoms with van der Waals surface area (Å²) in [6.45, 7) is 39.9. The van der Waals surface area contributed by atoms with Crippen LogP contribution in [0.15, 0.2) is 12.2 Å². The number of aliphatic hydroxyl groups is 3. The second kappa shape index (κ2) is 10.5. The number of fused-ring (bicyclic) bond motifs is 6. The van der Waals surface area contributed by atoms with Crippen LogP contribution in [0.25, 0.3) is 0 Å². The molecule has 0 aromatic heterocycles. The molecule has 1 aliphatic heterocycles. The quantitative estimate of drug-likeness (QED) is 0.244. The lowest BCUT2D eigenvalue weighted by atomic mass is 9.13. The van der Waals surface area contributed by atoms with Crippen LogP contribution in [0.1, 0.15) is 167 Å². The van der Waals surface area contributed by atoms with E-state index in [1.807, 2.05) is 0 Å². The van der Waals surface area contributed by atoms with Crippen molar-refractivity contribution in [3.05, 3.63) is 12.2 Å². The molecular formula is C53H84O4. The Morgan fingerprint density at radius 3 is 2.05 bits per heavy atom. The van der Waals surface area contributed by atoms with Crippen molar-refractivity contribution in [3.63, 3.8) is 0 Å². The summed E-state index contributed by atoms with van der Waals surface area (Å²) < 4.78 is 7.15. The Morgan fingerprint density at radius 2 is 1.39 bits per heavy atom. The minimum absolute atomic E-state index is 0.0564. The van der Waals surface area contributed by atoms with Gasteiger partial charge in [0.15, 0.2) is 0 Å².